The fourth-order valence-corrected chi connectivity index (χ4v) is 7.30. The van der Waals surface area contributed by atoms with Crippen LogP contribution in [-0.4, -0.2) is 11.6 Å². The highest BCUT2D eigenvalue weighted by Crippen LogP contribution is 2.67. The Morgan fingerprint density at radius 2 is 1.78 bits per heavy atom. The van der Waals surface area contributed by atoms with Crippen LogP contribution in [0.4, 0.5) is 0 Å². The van der Waals surface area contributed by atoms with Crippen molar-refractivity contribution >= 4 is 5.97 Å². The number of fused-ring (bicyclic) bond motifs is 9. The van der Waals surface area contributed by atoms with Crippen molar-refractivity contribution in [3.63, 3.8) is 0 Å². The highest BCUT2D eigenvalue weighted by Gasteiger charge is 2.62. The predicted octanol–water partition coefficient (Wildman–Crippen LogP) is 4.74. The standard InChI is InChI=1S/C21H30O2/c1-2-21(8-4-3-5-9-21)23-20(22)17-12-15-11-16(17)19-14-7-6-13(10-14)18(15)19/h6-7,13-19H,2-5,8-12H2,1H3. The van der Waals surface area contributed by atoms with Gasteiger partial charge in [-0.25, -0.2) is 0 Å². The van der Waals surface area contributed by atoms with Crippen LogP contribution in [-0.2, 0) is 9.53 Å². The number of esters is 1. The lowest BCUT2D eigenvalue weighted by molar-refractivity contribution is -0.172. The predicted molar refractivity (Wildman–Crippen MR) is 89.6 cm³/mol. The van der Waals surface area contributed by atoms with Crippen LogP contribution in [0.3, 0.4) is 0 Å². The maximum absolute atomic E-state index is 13.0. The maximum atomic E-state index is 13.0. The molecule has 0 saturated heterocycles. The van der Waals surface area contributed by atoms with E-state index in [1.165, 1.54) is 32.1 Å². The van der Waals surface area contributed by atoms with E-state index in [0.717, 1.165) is 55.3 Å². The lowest BCUT2D eigenvalue weighted by Gasteiger charge is -2.40. The number of allylic oxidation sites excluding steroid dienone is 2. The maximum Gasteiger partial charge on any atom is 0.309 e. The lowest BCUT2D eigenvalue weighted by atomic mass is 9.69. The minimum Gasteiger partial charge on any atom is -0.459 e. The lowest BCUT2D eigenvalue weighted by Crippen LogP contribution is -2.41. The molecule has 23 heavy (non-hydrogen) atoms. The summed E-state index contributed by atoms with van der Waals surface area (Å²) in [6.07, 6.45) is 15.7. The number of ether oxygens (including phenoxy) is 1. The van der Waals surface area contributed by atoms with Crippen LogP contribution in [0.5, 0.6) is 0 Å². The van der Waals surface area contributed by atoms with E-state index in [1.807, 2.05) is 0 Å². The molecule has 126 valence electrons. The summed E-state index contributed by atoms with van der Waals surface area (Å²) in [5.41, 5.74) is -0.120. The summed E-state index contributed by atoms with van der Waals surface area (Å²) >= 11 is 0. The Hall–Kier alpha value is -0.790. The molecule has 2 heteroatoms. The van der Waals surface area contributed by atoms with Gasteiger partial charge in [0.15, 0.2) is 0 Å². The van der Waals surface area contributed by atoms with E-state index in [2.05, 4.69) is 19.1 Å². The molecule has 0 N–H and O–H groups in total. The minimum atomic E-state index is -0.120. The molecule has 5 rings (SSSR count). The summed E-state index contributed by atoms with van der Waals surface area (Å²) in [5, 5.41) is 0. The molecular formula is C21H30O2. The second-order valence-corrected chi connectivity index (χ2v) is 9.12. The van der Waals surface area contributed by atoms with Gasteiger partial charge in [0.25, 0.3) is 0 Å². The van der Waals surface area contributed by atoms with Gasteiger partial charge in [0, 0.05) is 0 Å². The molecule has 7 atom stereocenters. The summed E-state index contributed by atoms with van der Waals surface area (Å²) in [7, 11) is 0. The molecule has 2 nitrogen and oxygen atoms in total. The van der Waals surface area contributed by atoms with E-state index in [9.17, 15) is 4.79 Å². The van der Waals surface area contributed by atoms with Gasteiger partial charge in [0.05, 0.1) is 5.92 Å². The minimum absolute atomic E-state index is 0.120. The first-order valence-electron chi connectivity index (χ1n) is 10.1. The molecule has 0 aromatic heterocycles. The zero-order chi connectivity index (χ0) is 15.6. The Bertz CT molecular complexity index is 530. The molecule has 0 aliphatic heterocycles. The van der Waals surface area contributed by atoms with Crippen LogP contribution >= 0.6 is 0 Å². The molecular weight excluding hydrogens is 284 g/mol. The Balaban J connectivity index is 1.32. The summed E-state index contributed by atoms with van der Waals surface area (Å²) in [5.74, 6) is 5.19. The second kappa shape index (κ2) is 5.10. The zero-order valence-corrected chi connectivity index (χ0v) is 14.4. The SMILES string of the molecule is CCC1(OC(=O)C2CC3CC2C2C4C=CC(C4)C32)CCCCC1. The van der Waals surface area contributed by atoms with E-state index in [4.69, 9.17) is 4.74 Å². The topological polar surface area (TPSA) is 26.3 Å². The third kappa shape index (κ3) is 2.02. The molecule has 0 spiro atoms. The number of rotatable bonds is 3. The number of carbonyl (C=O) groups excluding carboxylic acids is 1. The van der Waals surface area contributed by atoms with Crippen LogP contribution in [0, 0.1) is 41.4 Å². The van der Waals surface area contributed by atoms with Crippen molar-refractivity contribution in [1.29, 1.82) is 0 Å². The first kappa shape index (κ1) is 14.5. The van der Waals surface area contributed by atoms with Gasteiger partial charge in [0.1, 0.15) is 5.60 Å². The molecule has 0 aromatic rings. The van der Waals surface area contributed by atoms with Gasteiger partial charge >= 0.3 is 5.97 Å². The van der Waals surface area contributed by atoms with E-state index < -0.39 is 0 Å². The average Bonchev–Trinajstić information content (AvgIpc) is 3.33. The number of hydrogen-bond acceptors (Lipinski definition) is 2. The molecule has 5 aliphatic carbocycles. The molecule has 4 bridgehead atoms. The van der Waals surface area contributed by atoms with Crippen LogP contribution in [0.15, 0.2) is 12.2 Å². The van der Waals surface area contributed by atoms with Crippen molar-refractivity contribution in [2.75, 3.05) is 0 Å². The van der Waals surface area contributed by atoms with Crippen LogP contribution in [0.2, 0.25) is 0 Å². The van der Waals surface area contributed by atoms with Crippen molar-refractivity contribution in [2.24, 2.45) is 41.4 Å². The third-order valence-corrected chi connectivity index (χ3v) is 8.30. The Morgan fingerprint density at radius 3 is 2.52 bits per heavy atom. The molecule has 7 unspecified atom stereocenters. The number of hydrogen-bond donors (Lipinski definition) is 0. The number of carbonyl (C=O) groups is 1. The molecule has 0 amide bonds. The first-order chi connectivity index (χ1) is 11.2. The fraction of sp³-hybridized carbons (Fsp3) is 0.857. The highest BCUT2D eigenvalue weighted by molar-refractivity contribution is 5.74. The summed E-state index contributed by atoms with van der Waals surface area (Å²) in [4.78, 5) is 13.0. The summed E-state index contributed by atoms with van der Waals surface area (Å²) in [6.45, 7) is 2.20. The molecule has 0 aromatic carbocycles. The highest BCUT2D eigenvalue weighted by atomic mass is 16.6. The molecule has 4 saturated carbocycles. The van der Waals surface area contributed by atoms with Gasteiger partial charge in [-0.3, -0.25) is 4.79 Å². The second-order valence-electron chi connectivity index (χ2n) is 9.12. The van der Waals surface area contributed by atoms with Gasteiger partial charge in [-0.2, -0.15) is 0 Å². The van der Waals surface area contributed by atoms with Crippen molar-refractivity contribution in [2.45, 2.75) is 70.3 Å². The third-order valence-electron chi connectivity index (χ3n) is 8.30. The van der Waals surface area contributed by atoms with E-state index >= 15 is 0 Å². The molecule has 0 radical (unpaired) electrons. The molecule has 5 aliphatic rings. The average molecular weight is 314 g/mol. The first-order valence-corrected chi connectivity index (χ1v) is 10.1. The fourth-order valence-electron chi connectivity index (χ4n) is 7.30. The van der Waals surface area contributed by atoms with Gasteiger partial charge in [-0.15, -0.1) is 0 Å². The monoisotopic (exact) mass is 314 g/mol. The van der Waals surface area contributed by atoms with Crippen molar-refractivity contribution in [3.05, 3.63) is 12.2 Å². The van der Waals surface area contributed by atoms with Gasteiger partial charge in [0.2, 0.25) is 0 Å². The Kier molecular flexibility index (Phi) is 3.23. The van der Waals surface area contributed by atoms with Crippen LogP contribution in [0.1, 0.15) is 64.7 Å². The van der Waals surface area contributed by atoms with E-state index in [0.29, 0.717) is 5.92 Å². The molecule has 4 fully saturated rings. The zero-order valence-electron chi connectivity index (χ0n) is 14.4. The Labute approximate surface area is 140 Å². The smallest absolute Gasteiger partial charge is 0.309 e. The summed E-state index contributed by atoms with van der Waals surface area (Å²) < 4.78 is 6.24. The molecule has 0 heterocycles. The van der Waals surface area contributed by atoms with Crippen molar-refractivity contribution in [3.8, 4) is 0 Å². The Morgan fingerprint density at radius 1 is 1.04 bits per heavy atom. The van der Waals surface area contributed by atoms with E-state index in [-0.39, 0.29) is 17.5 Å². The van der Waals surface area contributed by atoms with Crippen molar-refractivity contribution < 1.29 is 9.53 Å². The quantitative estimate of drug-likeness (QED) is 0.427. The van der Waals surface area contributed by atoms with Gasteiger partial charge < -0.3 is 4.74 Å². The largest absolute Gasteiger partial charge is 0.459 e. The van der Waals surface area contributed by atoms with Gasteiger partial charge in [-0.1, -0.05) is 25.5 Å². The van der Waals surface area contributed by atoms with Crippen molar-refractivity contribution in [1.82, 2.24) is 0 Å². The van der Waals surface area contributed by atoms with Crippen LogP contribution in [0.25, 0.3) is 0 Å². The normalized spacial score (nSPS) is 48.7. The van der Waals surface area contributed by atoms with Crippen LogP contribution < -0.4 is 0 Å². The summed E-state index contributed by atoms with van der Waals surface area (Å²) in [6, 6.07) is 0. The van der Waals surface area contributed by atoms with E-state index in [1.54, 1.807) is 0 Å². The van der Waals surface area contributed by atoms with Gasteiger partial charge in [-0.05, 0) is 86.9 Å².